The minimum atomic E-state index is -0.0541. The van der Waals surface area contributed by atoms with Gasteiger partial charge < -0.3 is 4.74 Å². The van der Waals surface area contributed by atoms with Crippen LogP contribution in [0.4, 0.5) is 0 Å². The van der Waals surface area contributed by atoms with Crippen LogP contribution in [-0.4, -0.2) is 18.8 Å². The van der Waals surface area contributed by atoms with Gasteiger partial charge in [-0.2, -0.15) is 12.6 Å². The topological polar surface area (TPSA) is 26.3 Å². The summed E-state index contributed by atoms with van der Waals surface area (Å²) >= 11 is 4.11. The van der Waals surface area contributed by atoms with Crippen molar-refractivity contribution in [2.24, 2.45) is 11.8 Å². The molecule has 0 aromatic rings. The van der Waals surface area contributed by atoms with Crippen molar-refractivity contribution in [1.29, 1.82) is 0 Å². The minimum Gasteiger partial charge on any atom is -0.469 e. The van der Waals surface area contributed by atoms with Crippen LogP contribution in [0.15, 0.2) is 0 Å². The van der Waals surface area contributed by atoms with E-state index in [1.165, 1.54) is 20.0 Å². The number of methoxy groups -OCH3 is 1. The smallest absolute Gasteiger partial charge is 0.308 e. The summed E-state index contributed by atoms with van der Waals surface area (Å²) in [5.74, 6) is 1.43. The van der Waals surface area contributed by atoms with Crippen molar-refractivity contribution in [3.63, 3.8) is 0 Å². The Morgan fingerprint density at radius 3 is 2.73 bits per heavy atom. The fraction of sp³-hybridized carbons (Fsp3) is 0.875. The Morgan fingerprint density at radius 2 is 2.36 bits per heavy atom. The number of hydrogen-bond acceptors (Lipinski definition) is 3. The van der Waals surface area contributed by atoms with Crippen molar-refractivity contribution in [2.45, 2.75) is 19.3 Å². The third-order valence-corrected chi connectivity index (χ3v) is 2.39. The summed E-state index contributed by atoms with van der Waals surface area (Å²) in [6.45, 7) is 0. The number of ether oxygens (including phenoxy) is 1. The van der Waals surface area contributed by atoms with Gasteiger partial charge in [0.15, 0.2) is 0 Å². The molecule has 1 aliphatic carbocycles. The first-order valence-electron chi connectivity index (χ1n) is 3.98. The van der Waals surface area contributed by atoms with Gasteiger partial charge >= 0.3 is 5.97 Å². The van der Waals surface area contributed by atoms with Gasteiger partial charge in [0.1, 0.15) is 0 Å². The van der Waals surface area contributed by atoms with Crippen LogP contribution in [-0.2, 0) is 9.53 Å². The molecular weight excluding hydrogens is 160 g/mol. The number of esters is 1. The molecule has 0 N–H and O–H groups in total. The second-order valence-corrected chi connectivity index (χ2v) is 3.43. The Kier molecular flexibility index (Phi) is 3.24. The first-order chi connectivity index (χ1) is 5.29. The van der Waals surface area contributed by atoms with Crippen molar-refractivity contribution in [3.8, 4) is 0 Å². The largest absolute Gasteiger partial charge is 0.469 e. The van der Waals surface area contributed by atoms with Crippen LogP contribution in [0.1, 0.15) is 19.3 Å². The summed E-state index contributed by atoms with van der Waals surface area (Å²) in [6, 6.07) is 0. The number of carbonyl (C=O) groups excluding carboxylic acids is 1. The molecule has 0 aromatic heterocycles. The first kappa shape index (κ1) is 8.91. The predicted molar refractivity (Wildman–Crippen MR) is 46.7 cm³/mol. The maximum absolute atomic E-state index is 11.1. The molecule has 1 rings (SSSR count). The van der Waals surface area contributed by atoms with Gasteiger partial charge in [0.05, 0.1) is 13.0 Å². The van der Waals surface area contributed by atoms with Crippen molar-refractivity contribution < 1.29 is 9.53 Å². The monoisotopic (exact) mass is 174 g/mol. The Bertz CT molecular complexity index is 143. The number of rotatable bonds is 4. The predicted octanol–water partition coefficient (Wildman–Crippen LogP) is 1.51. The van der Waals surface area contributed by atoms with Gasteiger partial charge in [-0.05, 0) is 30.9 Å². The molecule has 1 saturated carbocycles. The van der Waals surface area contributed by atoms with Gasteiger partial charge in [-0.25, -0.2) is 0 Å². The summed E-state index contributed by atoms with van der Waals surface area (Å²) in [5.41, 5.74) is 0. The van der Waals surface area contributed by atoms with E-state index in [4.69, 9.17) is 4.74 Å². The van der Waals surface area contributed by atoms with Crippen LogP contribution in [0, 0.1) is 11.8 Å². The van der Waals surface area contributed by atoms with Crippen molar-refractivity contribution in [2.75, 3.05) is 12.9 Å². The van der Waals surface area contributed by atoms with E-state index in [9.17, 15) is 4.79 Å². The highest BCUT2D eigenvalue weighted by Crippen LogP contribution is 2.39. The standard InChI is InChI=1S/C8H14O2S/c1-10-8(9)7(4-5-11)6-2-3-6/h6-7,11H,2-5H2,1H3. The molecule has 1 unspecified atom stereocenters. The molecule has 1 fully saturated rings. The molecule has 0 heterocycles. The number of carbonyl (C=O) groups is 1. The SMILES string of the molecule is COC(=O)C(CCS)C1CC1. The molecule has 0 radical (unpaired) electrons. The highest BCUT2D eigenvalue weighted by atomic mass is 32.1. The summed E-state index contributed by atoms with van der Waals surface area (Å²) in [4.78, 5) is 11.1. The van der Waals surface area contributed by atoms with Gasteiger partial charge in [0, 0.05) is 0 Å². The van der Waals surface area contributed by atoms with Crippen LogP contribution >= 0.6 is 12.6 Å². The van der Waals surface area contributed by atoms with Gasteiger partial charge in [-0.15, -0.1) is 0 Å². The lowest BCUT2D eigenvalue weighted by Crippen LogP contribution is -2.18. The lowest BCUT2D eigenvalue weighted by Gasteiger charge is -2.11. The van der Waals surface area contributed by atoms with Crippen molar-refractivity contribution >= 4 is 18.6 Å². The van der Waals surface area contributed by atoms with Crippen LogP contribution in [0.3, 0.4) is 0 Å². The highest BCUT2D eigenvalue weighted by molar-refractivity contribution is 7.80. The quantitative estimate of drug-likeness (QED) is 0.516. The molecule has 0 amide bonds. The number of hydrogen-bond donors (Lipinski definition) is 1. The summed E-state index contributed by atoms with van der Waals surface area (Å²) in [7, 11) is 1.45. The first-order valence-corrected chi connectivity index (χ1v) is 4.61. The van der Waals surface area contributed by atoms with Crippen LogP contribution in [0.2, 0.25) is 0 Å². The Balaban J connectivity index is 2.37. The van der Waals surface area contributed by atoms with Crippen molar-refractivity contribution in [3.05, 3.63) is 0 Å². The summed E-state index contributed by atoms with van der Waals surface area (Å²) < 4.78 is 4.69. The lowest BCUT2D eigenvalue weighted by molar-refractivity contribution is -0.146. The molecule has 11 heavy (non-hydrogen) atoms. The summed E-state index contributed by atoms with van der Waals surface area (Å²) in [5, 5.41) is 0. The van der Waals surface area contributed by atoms with E-state index < -0.39 is 0 Å². The summed E-state index contributed by atoms with van der Waals surface area (Å²) in [6.07, 6.45) is 3.24. The molecule has 3 heteroatoms. The third kappa shape index (κ3) is 2.40. The van der Waals surface area contributed by atoms with Gasteiger partial charge in [-0.3, -0.25) is 4.79 Å². The molecule has 0 aliphatic heterocycles. The van der Waals surface area contributed by atoms with Crippen molar-refractivity contribution in [1.82, 2.24) is 0 Å². The molecule has 64 valence electrons. The van der Waals surface area contributed by atoms with Crippen LogP contribution in [0.5, 0.6) is 0 Å². The van der Waals surface area contributed by atoms with E-state index in [0.29, 0.717) is 5.92 Å². The Hall–Kier alpha value is -0.180. The Labute approximate surface area is 72.7 Å². The zero-order valence-corrected chi connectivity index (χ0v) is 7.64. The van der Waals surface area contributed by atoms with Gasteiger partial charge in [0.2, 0.25) is 0 Å². The minimum absolute atomic E-state index is 0.0541. The van der Waals surface area contributed by atoms with E-state index in [-0.39, 0.29) is 11.9 Å². The fourth-order valence-corrected chi connectivity index (χ4v) is 1.61. The number of thiol groups is 1. The highest BCUT2D eigenvalue weighted by Gasteiger charge is 2.35. The van der Waals surface area contributed by atoms with Crippen LogP contribution < -0.4 is 0 Å². The van der Waals surface area contributed by atoms with Gasteiger partial charge in [0.25, 0.3) is 0 Å². The normalized spacial score (nSPS) is 19.5. The molecule has 0 saturated heterocycles. The molecule has 0 bridgehead atoms. The van der Waals surface area contributed by atoms with E-state index in [2.05, 4.69) is 12.6 Å². The molecule has 0 aromatic carbocycles. The van der Waals surface area contributed by atoms with E-state index >= 15 is 0 Å². The Morgan fingerprint density at radius 1 is 1.73 bits per heavy atom. The second kappa shape index (κ2) is 4.00. The second-order valence-electron chi connectivity index (χ2n) is 2.98. The zero-order valence-electron chi connectivity index (χ0n) is 6.75. The maximum Gasteiger partial charge on any atom is 0.308 e. The average Bonchev–Trinajstić information content (AvgIpc) is 2.81. The molecular formula is C8H14O2S. The molecule has 0 spiro atoms. The maximum atomic E-state index is 11.1. The van der Waals surface area contributed by atoms with Gasteiger partial charge in [-0.1, -0.05) is 0 Å². The molecule has 1 atom stereocenters. The van der Waals surface area contributed by atoms with E-state index in [0.717, 1.165) is 12.2 Å². The third-order valence-electron chi connectivity index (χ3n) is 2.14. The zero-order chi connectivity index (χ0) is 8.27. The van der Waals surface area contributed by atoms with E-state index in [1.807, 2.05) is 0 Å². The van der Waals surface area contributed by atoms with Crippen LogP contribution in [0.25, 0.3) is 0 Å². The lowest BCUT2D eigenvalue weighted by atomic mass is 10.0. The average molecular weight is 174 g/mol. The molecule has 1 aliphatic rings. The molecule has 2 nitrogen and oxygen atoms in total. The fourth-order valence-electron chi connectivity index (χ4n) is 1.34. The van der Waals surface area contributed by atoms with E-state index in [1.54, 1.807) is 0 Å².